The number of carbonyl (C=O) groups excluding carboxylic acids is 1. The van der Waals surface area contributed by atoms with Gasteiger partial charge < -0.3 is 14.2 Å². The van der Waals surface area contributed by atoms with Gasteiger partial charge in [0, 0.05) is 5.56 Å². The van der Waals surface area contributed by atoms with Gasteiger partial charge >= 0.3 is 0 Å². The minimum absolute atomic E-state index is 0.251. The zero-order valence-electron chi connectivity index (χ0n) is 13.6. The Morgan fingerprint density at radius 2 is 1.96 bits per heavy atom. The Bertz CT molecular complexity index is 781. The van der Waals surface area contributed by atoms with Crippen LogP contribution in [0.1, 0.15) is 5.56 Å². The van der Waals surface area contributed by atoms with Crippen LogP contribution in [0, 0.1) is 0 Å². The van der Waals surface area contributed by atoms with Crippen LogP contribution in [0.4, 0.5) is 0 Å². The molecule has 0 aliphatic heterocycles. The minimum atomic E-state index is -0.450. The summed E-state index contributed by atoms with van der Waals surface area (Å²) in [5.41, 5.74) is 3.01. The highest BCUT2D eigenvalue weighted by atomic mass is 35.5. The highest BCUT2D eigenvalue weighted by Crippen LogP contribution is 2.31. The second kappa shape index (κ2) is 9.15. The third-order valence-electron chi connectivity index (χ3n) is 3.10. The molecule has 6 nitrogen and oxygen atoms in total. The standard InChI is InChI=1S/C17H16Cl2N2O4/c1-23-12-6-7-14(24-2)11(8-12)9-20-21-16(22)10-25-15-5-3-4-13(18)17(15)19/h3-9H,10H2,1-2H3,(H,21,22)/b20-9+. The molecule has 0 heterocycles. The van der Waals surface area contributed by atoms with Crippen molar-refractivity contribution < 1.29 is 19.0 Å². The first kappa shape index (κ1) is 18.9. The lowest BCUT2D eigenvalue weighted by atomic mass is 10.2. The predicted molar refractivity (Wildman–Crippen MR) is 97.2 cm³/mol. The molecule has 0 spiro atoms. The summed E-state index contributed by atoms with van der Waals surface area (Å²) in [4.78, 5) is 11.8. The van der Waals surface area contributed by atoms with Crippen molar-refractivity contribution in [2.45, 2.75) is 0 Å². The Balaban J connectivity index is 1.93. The molecule has 0 saturated heterocycles. The van der Waals surface area contributed by atoms with Crippen LogP contribution in [-0.2, 0) is 4.79 Å². The molecular weight excluding hydrogens is 367 g/mol. The lowest BCUT2D eigenvalue weighted by Gasteiger charge is -2.08. The number of methoxy groups -OCH3 is 2. The van der Waals surface area contributed by atoms with Gasteiger partial charge in [0.05, 0.1) is 25.5 Å². The van der Waals surface area contributed by atoms with E-state index in [1.807, 2.05) is 0 Å². The summed E-state index contributed by atoms with van der Waals surface area (Å²) in [5.74, 6) is 1.12. The van der Waals surface area contributed by atoms with E-state index >= 15 is 0 Å². The summed E-state index contributed by atoms with van der Waals surface area (Å²) in [7, 11) is 3.10. The van der Waals surface area contributed by atoms with Crippen molar-refractivity contribution in [3.8, 4) is 17.2 Å². The second-order valence-electron chi connectivity index (χ2n) is 4.74. The first-order valence-electron chi connectivity index (χ1n) is 7.16. The zero-order chi connectivity index (χ0) is 18.2. The Morgan fingerprint density at radius 3 is 2.68 bits per heavy atom. The van der Waals surface area contributed by atoms with Crippen molar-refractivity contribution >= 4 is 35.3 Å². The van der Waals surface area contributed by atoms with Gasteiger partial charge in [0.15, 0.2) is 6.61 Å². The molecule has 1 N–H and O–H groups in total. The highest BCUT2D eigenvalue weighted by molar-refractivity contribution is 6.42. The third-order valence-corrected chi connectivity index (χ3v) is 3.91. The molecule has 0 unspecified atom stereocenters. The summed E-state index contributed by atoms with van der Waals surface area (Å²) in [5, 5.41) is 4.48. The normalized spacial score (nSPS) is 10.6. The number of amides is 1. The van der Waals surface area contributed by atoms with Crippen molar-refractivity contribution in [1.82, 2.24) is 5.43 Å². The van der Waals surface area contributed by atoms with Crippen LogP contribution in [0.15, 0.2) is 41.5 Å². The van der Waals surface area contributed by atoms with E-state index in [-0.39, 0.29) is 11.6 Å². The summed E-state index contributed by atoms with van der Waals surface area (Å²) < 4.78 is 15.7. The van der Waals surface area contributed by atoms with Crippen molar-refractivity contribution in [2.24, 2.45) is 5.10 Å². The molecule has 0 aromatic heterocycles. The molecule has 8 heteroatoms. The number of halogens is 2. The zero-order valence-corrected chi connectivity index (χ0v) is 15.1. The summed E-state index contributed by atoms with van der Waals surface area (Å²) in [6.45, 7) is -0.257. The molecule has 0 bridgehead atoms. The number of ether oxygens (including phenoxy) is 3. The Labute approximate surface area is 155 Å². The summed E-state index contributed by atoms with van der Waals surface area (Å²) in [6, 6.07) is 10.2. The maximum atomic E-state index is 11.8. The molecule has 0 fully saturated rings. The molecule has 0 radical (unpaired) electrons. The van der Waals surface area contributed by atoms with Crippen molar-refractivity contribution in [2.75, 3.05) is 20.8 Å². The van der Waals surface area contributed by atoms with E-state index in [1.54, 1.807) is 50.6 Å². The summed E-state index contributed by atoms with van der Waals surface area (Å²) >= 11 is 11.9. The van der Waals surface area contributed by atoms with Gasteiger partial charge in [0.2, 0.25) is 0 Å². The Kier molecular flexibility index (Phi) is 6.91. The Hall–Kier alpha value is -2.44. The predicted octanol–water partition coefficient (Wildman–Crippen LogP) is 3.54. The van der Waals surface area contributed by atoms with Crippen LogP contribution < -0.4 is 19.6 Å². The maximum Gasteiger partial charge on any atom is 0.277 e. The fourth-order valence-corrected chi connectivity index (χ4v) is 2.23. The van der Waals surface area contributed by atoms with Gasteiger partial charge in [-0.25, -0.2) is 5.43 Å². The minimum Gasteiger partial charge on any atom is -0.497 e. The van der Waals surface area contributed by atoms with Gasteiger partial charge in [-0.2, -0.15) is 5.10 Å². The van der Waals surface area contributed by atoms with Gasteiger partial charge in [-0.15, -0.1) is 0 Å². The maximum absolute atomic E-state index is 11.8. The molecule has 2 aromatic rings. The third kappa shape index (κ3) is 5.27. The molecule has 132 valence electrons. The smallest absolute Gasteiger partial charge is 0.277 e. The van der Waals surface area contributed by atoms with Crippen LogP contribution in [0.2, 0.25) is 10.0 Å². The second-order valence-corrected chi connectivity index (χ2v) is 5.53. The summed E-state index contributed by atoms with van der Waals surface area (Å²) in [6.07, 6.45) is 1.45. The van der Waals surface area contributed by atoms with E-state index in [9.17, 15) is 4.79 Å². The SMILES string of the molecule is COc1ccc(OC)c(/C=N/NC(=O)COc2cccc(Cl)c2Cl)c1. The number of nitrogens with zero attached hydrogens (tertiary/aromatic N) is 1. The number of carbonyl (C=O) groups is 1. The monoisotopic (exact) mass is 382 g/mol. The van der Waals surface area contributed by atoms with Gasteiger partial charge in [-0.1, -0.05) is 29.3 Å². The van der Waals surface area contributed by atoms with Crippen molar-refractivity contribution in [1.29, 1.82) is 0 Å². The molecule has 1 amide bonds. The van der Waals surface area contributed by atoms with Crippen LogP contribution >= 0.6 is 23.2 Å². The number of rotatable bonds is 7. The van der Waals surface area contributed by atoms with Crippen molar-refractivity contribution in [3.05, 3.63) is 52.0 Å². The average Bonchev–Trinajstić information content (AvgIpc) is 2.62. The van der Waals surface area contributed by atoms with Crippen LogP contribution in [-0.4, -0.2) is 32.9 Å². The van der Waals surface area contributed by atoms with E-state index in [2.05, 4.69) is 10.5 Å². The van der Waals surface area contributed by atoms with Gasteiger partial charge in [0.1, 0.15) is 22.3 Å². The molecule has 2 aromatic carbocycles. The number of hydrogen-bond acceptors (Lipinski definition) is 5. The molecule has 0 saturated carbocycles. The van der Waals surface area contributed by atoms with E-state index in [1.165, 1.54) is 6.21 Å². The largest absolute Gasteiger partial charge is 0.497 e. The van der Waals surface area contributed by atoms with Gasteiger partial charge in [-0.3, -0.25) is 4.79 Å². The first-order valence-corrected chi connectivity index (χ1v) is 7.91. The van der Waals surface area contributed by atoms with E-state index < -0.39 is 5.91 Å². The van der Waals surface area contributed by atoms with Gasteiger partial charge in [-0.05, 0) is 30.3 Å². The average molecular weight is 383 g/mol. The van der Waals surface area contributed by atoms with E-state index in [4.69, 9.17) is 37.4 Å². The number of benzene rings is 2. The molecule has 2 rings (SSSR count). The topological polar surface area (TPSA) is 69.2 Å². The van der Waals surface area contributed by atoms with E-state index in [0.29, 0.717) is 27.8 Å². The molecule has 0 aliphatic carbocycles. The number of hydrazone groups is 1. The lowest BCUT2D eigenvalue weighted by molar-refractivity contribution is -0.123. The van der Waals surface area contributed by atoms with Crippen LogP contribution in [0.25, 0.3) is 0 Å². The number of hydrogen-bond donors (Lipinski definition) is 1. The Morgan fingerprint density at radius 1 is 1.16 bits per heavy atom. The molecule has 0 aliphatic rings. The fourth-order valence-electron chi connectivity index (χ4n) is 1.89. The van der Waals surface area contributed by atoms with E-state index in [0.717, 1.165) is 0 Å². The highest BCUT2D eigenvalue weighted by Gasteiger charge is 2.08. The fraction of sp³-hybridized carbons (Fsp3) is 0.176. The molecule has 0 atom stereocenters. The lowest BCUT2D eigenvalue weighted by Crippen LogP contribution is -2.24. The van der Waals surface area contributed by atoms with Crippen LogP contribution in [0.3, 0.4) is 0 Å². The number of nitrogens with one attached hydrogen (secondary N) is 1. The van der Waals surface area contributed by atoms with Crippen molar-refractivity contribution in [3.63, 3.8) is 0 Å². The van der Waals surface area contributed by atoms with Gasteiger partial charge in [0.25, 0.3) is 5.91 Å². The first-order chi connectivity index (χ1) is 12.0. The molecule has 25 heavy (non-hydrogen) atoms. The quantitative estimate of drug-likeness (QED) is 0.587. The molecular formula is C17H16Cl2N2O4. The van der Waals surface area contributed by atoms with Crippen LogP contribution in [0.5, 0.6) is 17.2 Å².